The topological polar surface area (TPSA) is 116 Å². The molecule has 0 atom stereocenters. The SMILES string of the molecule is COc1cc(/C=C2\SC(=O)N(CC(N)=O)C2=O)cc(Br)c1OC(=O)c1ccccc1. The minimum absolute atomic E-state index is 0.129. The summed E-state index contributed by atoms with van der Waals surface area (Å²) in [5.74, 6) is -1.54. The van der Waals surface area contributed by atoms with Crippen LogP contribution in [0, 0.1) is 0 Å². The van der Waals surface area contributed by atoms with E-state index in [2.05, 4.69) is 15.9 Å². The van der Waals surface area contributed by atoms with Crippen LogP contribution in [0.4, 0.5) is 4.79 Å². The van der Waals surface area contributed by atoms with Gasteiger partial charge in [0.2, 0.25) is 5.91 Å². The largest absolute Gasteiger partial charge is 0.493 e. The Labute approximate surface area is 184 Å². The Hall–Kier alpha value is -3.11. The summed E-state index contributed by atoms with van der Waals surface area (Å²) in [4.78, 5) is 48.6. The van der Waals surface area contributed by atoms with Gasteiger partial charge in [-0.1, -0.05) is 18.2 Å². The number of ether oxygens (including phenoxy) is 2. The van der Waals surface area contributed by atoms with Crippen LogP contribution in [0.25, 0.3) is 6.08 Å². The predicted molar refractivity (Wildman–Crippen MR) is 114 cm³/mol. The van der Waals surface area contributed by atoms with E-state index in [1.54, 1.807) is 42.5 Å². The van der Waals surface area contributed by atoms with E-state index in [9.17, 15) is 19.2 Å². The molecular formula is C20H15BrN2O6S. The highest BCUT2D eigenvalue weighted by molar-refractivity contribution is 9.10. The highest BCUT2D eigenvalue weighted by Gasteiger charge is 2.36. The van der Waals surface area contributed by atoms with Gasteiger partial charge in [0.25, 0.3) is 11.1 Å². The summed E-state index contributed by atoms with van der Waals surface area (Å²) in [6.45, 7) is -0.483. The van der Waals surface area contributed by atoms with Gasteiger partial charge in [0.15, 0.2) is 11.5 Å². The number of amides is 3. The summed E-state index contributed by atoms with van der Waals surface area (Å²) in [6.07, 6.45) is 1.47. The number of hydrogen-bond acceptors (Lipinski definition) is 7. The number of benzene rings is 2. The third-order valence-corrected chi connectivity index (χ3v) is 5.44. The molecule has 3 amide bonds. The second-order valence-corrected chi connectivity index (χ2v) is 7.87. The van der Waals surface area contributed by atoms with Crippen LogP contribution in [0.2, 0.25) is 0 Å². The summed E-state index contributed by atoms with van der Waals surface area (Å²) in [6, 6.07) is 11.6. The zero-order valence-electron chi connectivity index (χ0n) is 15.6. The molecule has 1 saturated heterocycles. The Morgan fingerprint density at radius 1 is 1.20 bits per heavy atom. The lowest BCUT2D eigenvalue weighted by molar-refractivity contribution is -0.127. The van der Waals surface area contributed by atoms with E-state index in [-0.39, 0.29) is 16.4 Å². The average Bonchev–Trinajstić information content (AvgIpc) is 2.97. The average molecular weight is 491 g/mol. The zero-order valence-corrected chi connectivity index (χ0v) is 18.0. The van der Waals surface area contributed by atoms with Crippen molar-refractivity contribution >= 4 is 56.8 Å². The van der Waals surface area contributed by atoms with Crippen molar-refractivity contribution in [1.29, 1.82) is 0 Å². The van der Waals surface area contributed by atoms with Gasteiger partial charge in [-0.2, -0.15) is 0 Å². The normalized spacial score (nSPS) is 14.9. The Kier molecular flexibility index (Phi) is 6.58. The number of esters is 1. The molecule has 0 aliphatic carbocycles. The number of nitrogens with two attached hydrogens (primary N) is 1. The number of primary amides is 1. The van der Waals surface area contributed by atoms with E-state index in [1.807, 2.05) is 0 Å². The molecule has 0 spiro atoms. The van der Waals surface area contributed by atoms with Crippen LogP contribution in [-0.4, -0.2) is 41.6 Å². The fourth-order valence-corrected chi connectivity index (χ4v) is 3.97. The van der Waals surface area contributed by atoms with Crippen molar-refractivity contribution in [3.8, 4) is 11.5 Å². The van der Waals surface area contributed by atoms with Crippen LogP contribution in [0.1, 0.15) is 15.9 Å². The van der Waals surface area contributed by atoms with Crippen molar-refractivity contribution in [1.82, 2.24) is 4.90 Å². The third kappa shape index (κ3) is 4.71. The van der Waals surface area contributed by atoms with E-state index in [1.165, 1.54) is 13.2 Å². The summed E-state index contributed by atoms with van der Waals surface area (Å²) in [5, 5.41) is -0.579. The summed E-state index contributed by atoms with van der Waals surface area (Å²) < 4.78 is 11.2. The van der Waals surface area contributed by atoms with Gasteiger partial charge in [-0.25, -0.2) is 4.79 Å². The molecular weight excluding hydrogens is 476 g/mol. The molecule has 1 heterocycles. The Balaban J connectivity index is 1.88. The number of thioether (sulfide) groups is 1. The molecule has 1 aliphatic rings. The Bertz CT molecular complexity index is 1070. The number of hydrogen-bond donors (Lipinski definition) is 1. The molecule has 0 unspecified atom stereocenters. The minimum Gasteiger partial charge on any atom is -0.493 e. The van der Waals surface area contributed by atoms with Crippen molar-refractivity contribution in [2.75, 3.05) is 13.7 Å². The molecule has 30 heavy (non-hydrogen) atoms. The van der Waals surface area contributed by atoms with Crippen LogP contribution in [0.3, 0.4) is 0 Å². The maximum absolute atomic E-state index is 12.4. The molecule has 8 nitrogen and oxygen atoms in total. The highest BCUT2D eigenvalue weighted by atomic mass is 79.9. The molecule has 0 saturated carbocycles. The van der Waals surface area contributed by atoms with Gasteiger partial charge in [0.05, 0.1) is 22.1 Å². The first-order valence-electron chi connectivity index (χ1n) is 8.48. The lowest BCUT2D eigenvalue weighted by Crippen LogP contribution is -2.36. The van der Waals surface area contributed by atoms with Crippen molar-refractivity contribution < 1.29 is 28.7 Å². The molecule has 10 heteroatoms. The maximum Gasteiger partial charge on any atom is 0.343 e. The van der Waals surface area contributed by atoms with Gasteiger partial charge < -0.3 is 15.2 Å². The highest BCUT2D eigenvalue weighted by Crippen LogP contribution is 2.39. The first-order valence-corrected chi connectivity index (χ1v) is 10.1. The van der Waals surface area contributed by atoms with Gasteiger partial charge in [-0.15, -0.1) is 0 Å². The maximum atomic E-state index is 12.4. The monoisotopic (exact) mass is 490 g/mol. The van der Waals surface area contributed by atoms with E-state index in [0.29, 0.717) is 27.4 Å². The lowest BCUT2D eigenvalue weighted by atomic mass is 10.1. The number of methoxy groups -OCH3 is 1. The number of nitrogens with zero attached hydrogens (tertiary/aromatic N) is 1. The standard InChI is InChI=1S/C20H15BrN2O6S/c1-28-14-8-11(9-15-18(25)23(10-16(22)24)20(27)30-15)7-13(21)17(14)29-19(26)12-5-3-2-4-6-12/h2-9H,10H2,1H3,(H2,22,24)/b15-9-. The van der Waals surface area contributed by atoms with Crippen LogP contribution in [0.15, 0.2) is 51.8 Å². The van der Waals surface area contributed by atoms with Crippen molar-refractivity contribution in [3.05, 3.63) is 63.0 Å². The number of halogens is 1. The van der Waals surface area contributed by atoms with Crippen LogP contribution >= 0.6 is 27.7 Å². The van der Waals surface area contributed by atoms with Crippen LogP contribution in [0.5, 0.6) is 11.5 Å². The number of carbonyl (C=O) groups excluding carboxylic acids is 4. The molecule has 1 aliphatic heterocycles. The van der Waals surface area contributed by atoms with E-state index < -0.39 is 29.6 Å². The first-order chi connectivity index (χ1) is 14.3. The van der Waals surface area contributed by atoms with E-state index in [4.69, 9.17) is 15.2 Å². The van der Waals surface area contributed by atoms with E-state index >= 15 is 0 Å². The molecule has 2 N–H and O–H groups in total. The molecule has 2 aromatic carbocycles. The second kappa shape index (κ2) is 9.14. The third-order valence-electron chi connectivity index (χ3n) is 3.94. The number of carbonyl (C=O) groups is 4. The second-order valence-electron chi connectivity index (χ2n) is 6.02. The number of rotatable bonds is 6. The van der Waals surface area contributed by atoms with Gasteiger partial charge in [-0.3, -0.25) is 19.3 Å². The molecule has 3 rings (SSSR count). The zero-order chi connectivity index (χ0) is 21.8. The van der Waals surface area contributed by atoms with Gasteiger partial charge in [0.1, 0.15) is 6.54 Å². The summed E-state index contributed by atoms with van der Waals surface area (Å²) in [5.41, 5.74) is 5.96. The summed E-state index contributed by atoms with van der Waals surface area (Å²) >= 11 is 4.04. The van der Waals surface area contributed by atoms with Gasteiger partial charge in [-0.05, 0) is 63.6 Å². The number of imide groups is 1. The fourth-order valence-electron chi connectivity index (χ4n) is 2.59. The summed E-state index contributed by atoms with van der Waals surface area (Å²) in [7, 11) is 1.41. The predicted octanol–water partition coefficient (Wildman–Crippen LogP) is 3.20. The minimum atomic E-state index is -0.785. The Morgan fingerprint density at radius 3 is 2.53 bits per heavy atom. The van der Waals surface area contributed by atoms with E-state index in [0.717, 1.165) is 4.90 Å². The fraction of sp³-hybridized carbons (Fsp3) is 0.100. The smallest absolute Gasteiger partial charge is 0.343 e. The van der Waals surface area contributed by atoms with Gasteiger partial charge >= 0.3 is 5.97 Å². The molecule has 2 aromatic rings. The lowest BCUT2D eigenvalue weighted by Gasteiger charge is -2.12. The van der Waals surface area contributed by atoms with Crippen molar-refractivity contribution in [2.45, 2.75) is 0 Å². The molecule has 1 fully saturated rings. The van der Waals surface area contributed by atoms with Crippen LogP contribution < -0.4 is 15.2 Å². The molecule has 0 radical (unpaired) electrons. The van der Waals surface area contributed by atoms with Gasteiger partial charge in [0, 0.05) is 0 Å². The molecule has 0 bridgehead atoms. The van der Waals surface area contributed by atoms with Crippen molar-refractivity contribution in [3.63, 3.8) is 0 Å². The first kappa shape index (κ1) is 21.6. The molecule has 154 valence electrons. The quantitative estimate of drug-likeness (QED) is 0.375. The van der Waals surface area contributed by atoms with Crippen LogP contribution in [-0.2, 0) is 9.59 Å². The Morgan fingerprint density at radius 2 is 1.90 bits per heavy atom. The molecule has 0 aromatic heterocycles. The van der Waals surface area contributed by atoms with Crippen molar-refractivity contribution in [2.24, 2.45) is 5.73 Å².